The molecule has 0 saturated heterocycles. The molecule has 0 spiro atoms. The van der Waals surface area contributed by atoms with E-state index in [2.05, 4.69) is 4.98 Å². The van der Waals surface area contributed by atoms with Crippen molar-refractivity contribution < 1.29 is 26.8 Å². The molecule has 0 atom stereocenters. The molecule has 0 aliphatic heterocycles. The molecule has 2 aromatic carbocycles. The Bertz CT molecular complexity index is 1370. The Hall–Kier alpha value is -3.46. The summed E-state index contributed by atoms with van der Waals surface area (Å²) in [5, 5.41) is 0.195. The van der Waals surface area contributed by atoms with Gasteiger partial charge in [0.1, 0.15) is 18.1 Å². The lowest BCUT2D eigenvalue weighted by Crippen LogP contribution is -2.12. The topological polar surface area (TPSA) is 91.4 Å². The van der Waals surface area contributed by atoms with Gasteiger partial charge in [-0.3, -0.25) is 4.79 Å². The Morgan fingerprint density at radius 1 is 1.19 bits per heavy atom. The number of hydrogen-bond acceptors (Lipinski definition) is 6. The monoisotopic (exact) mass is 442 g/mol. The summed E-state index contributed by atoms with van der Waals surface area (Å²) in [7, 11) is -2.59. The zero-order chi connectivity index (χ0) is 22.2. The average Bonchev–Trinajstić information content (AvgIpc) is 3.34. The summed E-state index contributed by atoms with van der Waals surface area (Å²) >= 11 is 0. The van der Waals surface area contributed by atoms with Crippen LogP contribution in [-0.2, 0) is 32.3 Å². The first-order valence-corrected chi connectivity index (χ1v) is 10.9. The van der Waals surface area contributed by atoms with E-state index in [1.807, 2.05) is 0 Å². The summed E-state index contributed by atoms with van der Waals surface area (Å²) in [6, 6.07) is 12.2. The maximum Gasteiger partial charge on any atom is 0.325 e. The third-order valence-corrected chi connectivity index (χ3v) is 6.64. The molecule has 7 nitrogen and oxygen atoms in total. The Balaban J connectivity index is 1.74. The number of methoxy groups -OCH3 is 1. The van der Waals surface area contributed by atoms with Crippen molar-refractivity contribution in [2.45, 2.75) is 30.0 Å². The van der Waals surface area contributed by atoms with Crippen molar-refractivity contribution in [2.24, 2.45) is 0 Å². The fourth-order valence-electron chi connectivity index (χ4n) is 3.51. The van der Waals surface area contributed by atoms with Gasteiger partial charge in [0.25, 0.3) is 9.84 Å². The van der Waals surface area contributed by atoms with Gasteiger partial charge in [-0.1, -0.05) is 18.2 Å². The normalized spacial score (nSPS) is 11.7. The standard InChI is InChI=1S/C22H19FN2O5S/c1-14-18(19-10-15(23)8-9-20(19)25(14)13-21(26)29-2)11-16-12-24-22(30-16)31(27,28)17-6-4-3-5-7-17/h3-10,12H,11,13H2,1-2H3. The van der Waals surface area contributed by atoms with Crippen molar-refractivity contribution >= 4 is 26.7 Å². The summed E-state index contributed by atoms with van der Waals surface area (Å²) in [4.78, 5) is 15.9. The van der Waals surface area contributed by atoms with E-state index in [1.54, 1.807) is 35.8 Å². The van der Waals surface area contributed by atoms with Crippen molar-refractivity contribution in [3.63, 3.8) is 0 Å². The largest absolute Gasteiger partial charge is 0.468 e. The second-order valence-corrected chi connectivity index (χ2v) is 8.80. The molecule has 0 fully saturated rings. The second-order valence-electron chi connectivity index (χ2n) is 6.97. The molecule has 0 N–H and O–H groups in total. The summed E-state index contributed by atoms with van der Waals surface area (Å²) < 4.78 is 51.5. The van der Waals surface area contributed by atoms with Gasteiger partial charge in [-0.2, -0.15) is 0 Å². The fourth-order valence-corrected chi connectivity index (χ4v) is 4.64. The van der Waals surface area contributed by atoms with Gasteiger partial charge >= 0.3 is 11.2 Å². The number of halogens is 1. The SMILES string of the molecule is COC(=O)Cn1c(C)c(Cc2cnc(S(=O)(=O)c3ccccc3)o2)c2cc(F)ccc21. The van der Waals surface area contributed by atoms with E-state index in [0.29, 0.717) is 22.2 Å². The number of ether oxygens (including phenoxy) is 1. The van der Waals surface area contributed by atoms with Crippen LogP contribution >= 0.6 is 0 Å². The van der Waals surface area contributed by atoms with E-state index in [1.165, 1.54) is 37.6 Å². The molecule has 0 saturated carbocycles. The van der Waals surface area contributed by atoms with Gasteiger partial charge in [-0.15, -0.1) is 0 Å². The highest BCUT2D eigenvalue weighted by Gasteiger charge is 2.25. The number of sulfone groups is 1. The van der Waals surface area contributed by atoms with Gasteiger partial charge in [0, 0.05) is 23.0 Å². The van der Waals surface area contributed by atoms with E-state index < -0.39 is 26.8 Å². The Labute approximate surface area is 178 Å². The molecule has 0 unspecified atom stereocenters. The molecule has 2 heterocycles. The van der Waals surface area contributed by atoms with Crippen molar-refractivity contribution in [1.29, 1.82) is 0 Å². The van der Waals surface area contributed by atoms with Crippen LogP contribution in [-0.4, -0.2) is 31.0 Å². The average molecular weight is 442 g/mol. The van der Waals surface area contributed by atoms with Crippen LogP contribution in [0.4, 0.5) is 4.39 Å². The van der Waals surface area contributed by atoms with Gasteiger partial charge in [0.05, 0.1) is 18.2 Å². The molecule has 0 radical (unpaired) electrons. The first kappa shape index (κ1) is 20.8. The van der Waals surface area contributed by atoms with Gasteiger partial charge in [0.2, 0.25) is 0 Å². The Kier molecular flexibility index (Phi) is 5.36. The summed E-state index contributed by atoms with van der Waals surface area (Å²) in [5.74, 6) is -0.556. The van der Waals surface area contributed by atoms with Crippen LogP contribution in [0.2, 0.25) is 0 Å². The van der Waals surface area contributed by atoms with Gasteiger partial charge in [-0.05, 0) is 42.8 Å². The predicted molar refractivity (Wildman–Crippen MR) is 110 cm³/mol. The van der Waals surface area contributed by atoms with Crippen LogP contribution in [0.3, 0.4) is 0 Å². The molecule has 0 aliphatic carbocycles. The zero-order valence-corrected chi connectivity index (χ0v) is 17.6. The molecule has 160 valence electrons. The van der Waals surface area contributed by atoms with Crippen molar-refractivity contribution in [3.05, 3.63) is 77.6 Å². The summed E-state index contributed by atoms with van der Waals surface area (Å²) in [5.41, 5.74) is 2.09. The molecule has 9 heteroatoms. The molecule has 0 bridgehead atoms. The highest BCUT2D eigenvalue weighted by atomic mass is 32.2. The quantitative estimate of drug-likeness (QED) is 0.423. The van der Waals surface area contributed by atoms with Crippen LogP contribution in [0.1, 0.15) is 17.0 Å². The lowest BCUT2D eigenvalue weighted by atomic mass is 10.1. The van der Waals surface area contributed by atoms with Crippen molar-refractivity contribution in [2.75, 3.05) is 7.11 Å². The summed E-state index contributed by atoms with van der Waals surface area (Å²) in [6.07, 6.45) is 1.52. The molecular formula is C22H19FN2O5S. The molecule has 0 aliphatic rings. The molecular weight excluding hydrogens is 423 g/mol. The van der Waals surface area contributed by atoms with Crippen LogP contribution in [0, 0.1) is 12.7 Å². The number of nitrogens with zero attached hydrogens (tertiary/aromatic N) is 2. The summed E-state index contributed by atoms with van der Waals surface area (Å²) in [6.45, 7) is 1.77. The molecule has 0 amide bonds. The number of carbonyl (C=O) groups is 1. The molecule has 2 aromatic heterocycles. The van der Waals surface area contributed by atoms with Crippen LogP contribution in [0.5, 0.6) is 0 Å². The lowest BCUT2D eigenvalue weighted by Gasteiger charge is -2.07. The number of carbonyl (C=O) groups excluding carboxylic acids is 1. The number of benzene rings is 2. The molecule has 31 heavy (non-hydrogen) atoms. The Morgan fingerprint density at radius 2 is 1.94 bits per heavy atom. The van der Waals surface area contributed by atoms with Crippen molar-refractivity contribution in [3.8, 4) is 0 Å². The smallest absolute Gasteiger partial charge is 0.325 e. The fraction of sp³-hybridized carbons (Fsp3) is 0.182. The third-order valence-electron chi connectivity index (χ3n) is 5.10. The second kappa shape index (κ2) is 7.99. The number of hydrogen-bond donors (Lipinski definition) is 0. The molecule has 4 aromatic rings. The van der Waals surface area contributed by atoms with Crippen LogP contribution in [0.25, 0.3) is 10.9 Å². The molecule has 4 rings (SSSR count). The zero-order valence-electron chi connectivity index (χ0n) is 16.8. The highest BCUT2D eigenvalue weighted by molar-refractivity contribution is 7.91. The number of esters is 1. The van der Waals surface area contributed by atoms with E-state index in [-0.39, 0.29) is 17.9 Å². The maximum atomic E-state index is 14.0. The first-order valence-electron chi connectivity index (χ1n) is 9.40. The minimum absolute atomic E-state index is 0.0332. The number of aromatic nitrogens is 2. The van der Waals surface area contributed by atoms with E-state index in [0.717, 1.165) is 5.69 Å². The number of fused-ring (bicyclic) bond motifs is 1. The highest BCUT2D eigenvalue weighted by Crippen LogP contribution is 2.30. The first-order chi connectivity index (χ1) is 14.8. The van der Waals surface area contributed by atoms with Crippen LogP contribution in [0.15, 0.2) is 69.3 Å². The number of oxazole rings is 1. The third kappa shape index (κ3) is 3.84. The minimum Gasteiger partial charge on any atom is -0.468 e. The van der Waals surface area contributed by atoms with Gasteiger partial charge in [-0.25, -0.2) is 17.8 Å². The maximum absolute atomic E-state index is 14.0. The number of rotatable bonds is 6. The van der Waals surface area contributed by atoms with Gasteiger partial charge < -0.3 is 13.7 Å². The minimum atomic E-state index is -3.89. The van der Waals surface area contributed by atoms with Crippen LogP contribution < -0.4 is 0 Å². The van der Waals surface area contributed by atoms with Gasteiger partial charge in [0.15, 0.2) is 0 Å². The lowest BCUT2D eigenvalue weighted by molar-refractivity contribution is -0.141. The Morgan fingerprint density at radius 3 is 2.65 bits per heavy atom. The predicted octanol–water partition coefficient (Wildman–Crippen LogP) is 3.67. The van der Waals surface area contributed by atoms with E-state index >= 15 is 0 Å². The van der Waals surface area contributed by atoms with Crippen molar-refractivity contribution in [1.82, 2.24) is 9.55 Å². The van der Waals surface area contributed by atoms with E-state index in [9.17, 15) is 17.6 Å². The van der Waals surface area contributed by atoms with E-state index in [4.69, 9.17) is 9.15 Å².